The van der Waals surface area contributed by atoms with Crippen LogP contribution in [0.5, 0.6) is 0 Å². The Bertz CT molecular complexity index is 5800. The number of aromatic nitrogens is 10. The van der Waals surface area contributed by atoms with Gasteiger partial charge in [0.15, 0.2) is 15.3 Å². The summed E-state index contributed by atoms with van der Waals surface area (Å²) in [5, 5.41) is 34.0. The Morgan fingerprint density at radius 2 is 0.905 bits per heavy atom. The predicted octanol–water partition coefficient (Wildman–Crippen LogP) is 7.91. The fraction of sp³-hybridized carbons (Fsp3) is 0.363. The van der Waals surface area contributed by atoms with Crippen molar-refractivity contribution in [1.29, 1.82) is 0 Å². The zero-order valence-corrected chi connectivity index (χ0v) is 75.7. The molecule has 8 aromatic rings. The highest BCUT2D eigenvalue weighted by Crippen LogP contribution is 2.42. The van der Waals surface area contributed by atoms with E-state index in [9.17, 15) is 0 Å². The summed E-state index contributed by atoms with van der Waals surface area (Å²) in [7, 11) is 8.54. The zero-order valence-electron chi connectivity index (χ0n) is 71.6. The van der Waals surface area contributed by atoms with Crippen LogP contribution in [0.3, 0.4) is 0 Å². The summed E-state index contributed by atoms with van der Waals surface area (Å²) in [4.78, 5) is 57.8. The molecule has 0 unspecified atom stereocenters. The summed E-state index contributed by atoms with van der Waals surface area (Å²) in [5.74, 6) is 1.02. The third kappa shape index (κ3) is 21.6. The number of piperazine rings is 5. The van der Waals surface area contributed by atoms with Crippen LogP contribution in [0.4, 0.5) is 17.2 Å². The lowest BCUT2D eigenvalue weighted by Crippen LogP contribution is -2.51. The Hall–Kier alpha value is -11.8. The summed E-state index contributed by atoms with van der Waals surface area (Å²) in [5.41, 5.74) is 29.1. The van der Waals surface area contributed by atoms with Crippen LogP contribution in [0.15, 0.2) is 208 Å². The van der Waals surface area contributed by atoms with Gasteiger partial charge in [-0.2, -0.15) is 20.4 Å². The SMILES string of the molecule is CN1CCN(C(=S)N=Nc2c3[nH]cccc-3c3cccnc23)CC1.CN1CCN(C(=S)NN=C2c3ncccc3Cc3cccnc32)CC1.CN1CCN(C(=S)NN=c2c3n(n4c2=CC=CC4)CC=CC=3)CC1.CN1CCN(c2ccc(C(=S)N/N=C3/CCCc4cccnc43)nc2)CC1.S=C(N/N=C1/CCCc2cccnc21)N1CCN(c2ccccn2)CC1. The van der Waals surface area contributed by atoms with Gasteiger partial charge in [-0.3, -0.25) is 61.0 Å². The van der Waals surface area contributed by atoms with E-state index in [1.54, 1.807) is 18.6 Å². The zero-order chi connectivity index (χ0) is 86.7. The van der Waals surface area contributed by atoms with Crippen LogP contribution < -0.4 is 47.6 Å². The van der Waals surface area contributed by atoms with E-state index in [1.807, 2.05) is 91.6 Å². The van der Waals surface area contributed by atoms with E-state index in [2.05, 4.69) is 258 Å². The molecule has 0 bridgehead atoms. The quantitative estimate of drug-likeness (QED) is 0.0549. The summed E-state index contributed by atoms with van der Waals surface area (Å²) in [6.45, 7) is 21.1. The third-order valence-corrected chi connectivity index (χ3v) is 25.5. The predicted molar refractivity (Wildman–Crippen MR) is 520 cm³/mol. The summed E-state index contributed by atoms with van der Waals surface area (Å²) >= 11 is 27.5. The molecule has 5 N–H and O–H groups in total. The van der Waals surface area contributed by atoms with Crippen LogP contribution in [0.1, 0.15) is 76.4 Å². The van der Waals surface area contributed by atoms with Gasteiger partial charge in [0, 0.05) is 192 Å². The molecule has 16 heterocycles. The molecule has 0 spiro atoms. The van der Waals surface area contributed by atoms with Gasteiger partial charge in [-0.05, 0) is 211 Å². The number of hydrogen-bond donors (Lipinski definition) is 5. The molecule has 0 saturated carbocycles. The topological polar surface area (TPSA) is 271 Å². The van der Waals surface area contributed by atoms with Gasteiger partial charge in [-0.25, -0.2) is 4.98 Å². The molecule has 35 heteroatoms. The number of rotatable bonds is 8. The number of hydrogen-bond acceptors (Lipinski definition) is 23. The number of nitrogens with zero attached hydrogens (tertiary/aromatic N) is 25. The molecular weight excluding hydrogens is 1670 g/mol. The molecule has 4 aliphatic carbocycles. The highest BCUT2D eigenvalue weighted by atomic mass is 32.1. The van der Waals surface area contributed by atoms with Gasteiger partial charge < -0.3 is 54.0 Å². The van der Waals surface area contributed by atoms with Crippen LogP contribution in [-0.4, -0.2) is 290 Å². The number of anilines is 2. The number of nitrogens with one attached hydrogen (secondary N) is 5. The van der Waals surface area contributed by atoms with Gasteiger partial charge in [-0.15, -0.1) is 10.2 Å². The van der Waals surface area contributed by atoms with Gasteiger partial charge >= 0.3 is 0 Å². The number of fused-ring (bicyclic) bond motifs is 10. The monoisotopic (exact) mass is 1780 g/mol. The number of allylic oxidation sites excluding steroid dienone is 4. The van der Waals surface area contributed by atoms with Crippen molar-refractivity contribution in [2.75, 3.05) is 169 Å². The Morgan fingerprint density at radius 3 is 1.45 bits per heavy atom. The molecule has 8 aliphatic heterocycles. The van der Waals surface area contributed by atoms with Crippen molar-refractivity contribution in [2.24, 2.45) is 30.6 Å². The van der Waals surface area contributed by atoms with Crippen LogP contribution in [-0.2, 0) is 32.4 Å². The maximum absolute atomic E-state index is 5.55. The number of hydrazone groups is 3. The van der Waals surface area contributed by atoms with Crippen molar-refractivity contribution in [3.63, 3.8) is 0 Å². The highest BCUT2D eigenvalue weighted by Gasteiger charge is 2.29. The third-order valence-electron chi connectivity index (χ3n) is 23.8. The van der Waals surface area contributed by atoms with Crippen molar-refractivity contribution in [3.05, 3.63) is 244 Å². The minimum Gasteiger partial charge on any atom is -0.368 e. The Kier molecular flexibility index (Phi) is 29.5. The fourth-order valence-electron chi connectivity index (χ4n) is 16.5. The van der Waals surface area contributed by atoms with Crippen LogP contribution >= 0.6 is 61.1 Å². The highest BCUT2D eigenvalue weighted by molar-refractivity contribution is 7.81. The van der Waals surface area contributed by atoms with E-state index >= 15 is 0 Å². The van der Waals surface area contributed by atoms with E-state index < -0.39 is 0 Å². The molecular formula is C91H106N30S5. The van der Waals surface area contributed by atoms with E-state index in [-0.39, 0.29) is 0 Å². The number of thiocarbonyl (C=S) groups is 5. The lowest BCUT2D eigenvalue weighted by Gasteiger charge is -2.36. The van der Waals surface area contributed by atoms with Gasteiger partial charge in [0.2, 0.25) is 5.11 Å². The van der Waals surface area contributed by atoms with E-state index in [4.69, 9.17) is 61.1 Å². The van der Waals surface area contributed by atoms with Crippen molar-refractivity contribution in [2.45, 2.75) is 58.0 Å². The standard InChI is InChI=1S/C20H24N6S.C19H22N6S.C18H20N6S.C17H18N6S.C17H22N6S/c1-25-10-12-26(13-11-25)16-7-8-18(22-14-16)20(27)24-23-17-6-2-4-15-5-3-9-21-19(15)17;26-19(23-22-16-7-3-5-15-6-4-10-21-18(15)16)25-13-11-24(12-14-25)17-8-1-2-9-20-17;1-23-8-10-24(11-9-23)18(25)22-21-17-15-13(4-2-6-19-15)12-14-5-3-7-20-16(14)17;1-22-8-10-23(11-9-22)17(24)21-20-16-14-12(4-2-6-18-14)13-5-3-7-19-15(13)16;1-20-10-12-21(13-11-20)17(24)19-18-16-14-6-2-4-8-22(14)23-9-5-3-7-15(16)23/h3,5,7-9,14H,2,4,6,10-13H2,1H3,(H,24,27);1-2,4,6,8-10H,3,5,7,11-14H2,(H,23,26);2-7H,8-12H2,1H3,(H,22,25);2-7,18H,8-11H2,1H3;2-7H,8-13H2,1H3,(H,19,24)/b23-17-;22-16-;;;. The average molecular weight is 1780 g/mol. The van der Waals surface area contributed by atoms with Crippen molar-refractivity contribution in [1.82, 2.24) is 110 Å². The second-order valence-electron chi connectivity index (χ2n) is 32.2. The van der Waals surface area contributed by atoms with Crippen molar-refractivity contribution in [3.8, 4) is 11.3 Å². The van der Waals surface area contributed by atoms with Crippen LogP contribution in [0, 0.1) is 0 Å². The van der Waals surface area contributed by atoms with Crippen LogP contribution in [0.2, 0.25) is 0 Å². The maximum atomic E-state index is 5.55. The molecule has 12 aliphatic rings. The minimum atomic E-state index is 0.537. The number of aromatic amines is 1. The number of H-pyrrole nitrogens is 1. The molecule has 0 atom stereocenters. The second-order valence-corrected chi connectivity index (χ2v) is 34.1. The smallest absolute Gasteiger partial charge is 0.216 e. The van der Waals surface area contributed by atoms with Crippen molar-refractivity contribution < 1.29 is 0 Å². The molecule has 0 radical (unpaired) electrons. The van der Waals surface area contributed by atoms with E-state index in [1.165, 1.54) is 11.1 Å². The average Bonchev–Trinajstić information content (AvgIpc) is 1.70. The fourth-order valence-corrected chi connectivity index (χ4v) is 17.6. The van der Waals surface area contributed by atoms with Crippen molar-refractivity contribution >= 4 is 144 Å². The second kappa shape index (κ2) is 42.5. The molecule has 0 amide bonds. The Labute approximate surface area is 761 Å². The first kappa shape index (κ1) is 87.7. The van der Waals surface area contributed by atoms with Crippen LogP contribution in [0.25, 0.3) is 34.3 Å². The lowest BCUT2D eigenvalue weighted by molar-refractivity contribution is 0.214. The number of pyridine rings is 8. The molecule has 650 valence electrons. The molecule has 8 aromatic heterocycles. The van der Waals surface area contributed by atoms with Gasteiger partial charge in [0.1, 0.15) is 33.1 Å². The molecule has 5 saturated heterocycles. The molecule has 0 aromatic carbocycles. The first-order chi connectivity index (χ1) is 61.7. The van der Waals surface area contributed by atoms with Gasteiger partial charge in [0.25, 0.3) is 0 Å². The normalized spacial score (nSPS) is 18.0. The number of aryl methyl sites for hydroxylation is 2. The van der Waals surface area contributed by atoms with Gasteiger partial charge in [-0.1, -0.05) is 79.0 Å². The lowest BCUT2D eigenvalue weighted by atomic mass is 9.91. The summed E-state index contributed by atoms with van der Waals surface area (Å²) in [6, 6.07) is 34.4. The van der Waals surface area contributed by atoms with E-state index in [0.29, 0.717) is 25.4 Å². The molecule has 20 rings (SSSR count). The number of likely N-dealkylation sites (N-methyl/N-ethyl adjacent to an activating group) is 4. The first-order valence-electron chi connectivity index (χ1n) is 43.2. The Balaban J connectivity index is 0.000000116. The largest absolute Gasteiger partial charge is 0.368 e. The van der Waals surface area contributed by atoms with Gasteiger partial charge in [0.05, 0.1) is 81.3 Å². The molecule has 126 heavy (non-hydrogen) atoms. The summed E-state index contributed by atoms with van der Waals surface area (Å²) in [6.07, 6.45) is 34.4. The minimum absolute atomic E-state index is 0.537. The first-order valence-corrected chi connectivity index (χ1v) is 45.2. The number of azo groups is 1. The van der Waals surface area contributed by atoms with E-state index in [0.717, 1.165) is 301 Å². The molecule has 30 nitrogen and oxygen atoms in total. The molecule has 5 fully saturated rings. The Morgan fingerprint density at radius 1 is 0.421 bits per heavy atom. The summed E-state index contributed by atoms with van der Waals surface area (Å²) < 4.78 is 4.52. The maximum Gasteiger partial charge on any atom is 0.216 e.